The van der Waals surface area contributed by atoms with Crippen molar-refractivity contribution >= 4 is 17.9 Å². The second-order valence-electron chi connectivity index (χ2n) is 12.4. The first-order valence-corrected chi connectivity index (χ1v) is 16.6. The van der Waals surface area contributed by atoms with Crippen LogP contribution in [-0.4, -0.2) is 50.7 Å². The molecule has 1 aliphatic heterocycles. The molecule has 5 aromatic rings. The lowest BCUT2D eigenvalue weighted by Gasteiger charge is -2.38. The number of aromatic nitrogens is 2. The molecule has 1 fully saturated rings. The Morgan fingerprint density at radius 3 is 2.10 bits per heavy atom. The topological polar surface area (TPSA) is 66.4 Å². The fraction of sp³-hybridized carbons (Fsp3) is 0.220. The third-order valence-corrected chi connectivity index (χ3v) is 9.06. The number of halogens is 3. The number of hydrogen-bond acceptors (Lipinski definition) is 4. The molecule has 50 heavy (non-hydrogen) atoms. The van der Waals surface area contributed by atoms with Crippen LogP contribution in [0, 0.1) is 0 Å². The summed E-state index contributed by atoms with van der Waals surface area (Å²) >= 11 is 0. The smallest absolute Gasteiger partial charge is 0.341 e. The van der Waals surface area contributed by atoms with Crippen molar-refractivity contribution in [3.63, 3.8) is 0 Å². The average Bonchev–Trinajstić information content (AvgIpc) is 3.16. The fourth-order valence-electron chi connectivity index (χ4n) is 6.32. The zero-order valence-corrected chi connectivity index (χ0v) is 27.4. The van der Waals surface area contributed by atoms with Gasteiger partial charge in [-0.3, -0.25) is 19.6 Å². The molecule has 1 unspecified atom stereocenters. The normalized spacial score (nSPS) is 14.4. The number of alkyl halides is 3. The van der Waals surface area contributed by atoms with Crippen LogP contribution in [-0.2, 0) is 28.7 Å². The Balaban J connectivity index is 1.30. The van der Waals surface area contributed by atoms with Gasteiger partial charge in [0, 0.05) is 50.1 Å². The Labute approximate surface area is 289 Å². The molecule has 0 spiro atoms. The van der Waals surface area contributed by atoms with E-state index in [0.717, 1.165) is 47.5 Å². The van der Waals surface area contributed by atoms with Gasteiger partial charge in [-0.25, -0.2) is 0 Å². The van der Waals surface area contributed by atoms with E-state index in [2.05, 4.69) is 22.1 Å². The number of hydrogen-bond donors (Lipinski definition) is 0. The second-order valence-corrected chi connectivity index (χ2v) is 12.4. The Bertz CT molecular complexity index is 1870. The summed E-state index contributed by atoms with van der Waals surface area (Å²) in [4.78, 5) is 40.0. The number of carbonyl (C=O) groups is 2. The Morgan fingerprint density at radius 2 is 1.48 bits per heavy atom. The summed E-state index contributed by atoms with van der Waals surface area (Å²) in [7, 11) is 0. The highest BCUT2D eigenvalue weighted by Crippen LogP contribution is 2.30. The third-order valence-electron chi connectivity index (χ3n) is 9.06. The number of likely N-dealkylation sites (tertiary alicyclic amines) is 1. The highest BCUT2D eigenvalue weighted by Gasteiger charge is 2.35. The lowest BCUT2D eigenvalue weighted by molar-refractivity contribution is -0.145. The van der Waals surface area contributed by atoms with Crippen molar-refractivity contribution in [2.45, 2.75) is 43.9 Å². The summed E-state index contributed by atoms with van der Waals surface area (Å²) < 4.78 is 39.3. The van der Waals surface area contributed by atoms with Gasteiger partial charge < -0.3 is 9.80 Å². The van der Waals surface area contributed by atoms with E-state index in [1.165, 1.54) is 23.8 Å². The highest BCUT2D eigenvalue weighted by atomic mass is 19.4. The quantitative estimate of drug-likeness (QED) is 0.140. The molecule has 2 amide bonds. The molecule has 0 saturated carbocycles. The Morgan fingerprint density at radius 1 is 0.800 bits per heavy atom. The van der Waals surface area contributed by atoms with E-state index in [0.29, 0.717) is 31.0 Å². The van der Waals surface area contributed by atoms with E-state index in [4.69, 9.17) is 0 Å². The number of pyridine rings is 2. The molecule has 0 aliphatic carbocycles. The van der Waals surface area contributed by atoms with Crippen LogP contribution in [0.2, 0.25) is 0 Å². The minimum Gasteiger partial charge on any atom is -0.341 e. The van der Waals surface area contributed by atoms with Crippen LogP contribution in [0.25, 0.3) is 17.3 Å². The maximum atomic E-state index is 14.5. The van der Waals surface area contributed by atoms with Crippen molar-refractivity contribution in [1.82, 2.24) is 19.8 Å². The molecule has 3 heterocycles. The second kappa shape index (κ2) is 15.8. The van der Waals surface area contributed by atoms with Crippen molar-refractivity contribution in [1.29, 1.82) is 0 Å². The molecule has 1 saturated heterocycles. The summed E-state index contributed by atoms with van der Waals surface area (Å²) in [5, 5.41) is 0. The maximum Gasteiger partial charge on any atom is 0.433 e. The van der Waals surface area contributed by atoms with Gasteiger partial charge in [-0.1, -0.05) is 97.1 Å². The van der Waals surface area contributed by atoms with Gasteiger partial charge in [-0.2, -0.15) is 13.2 Å². The van der Waals surface area contributed by atoms with Gasteiger partial charge in [0.15, 0.2) is 0 Å². The first-order valence-electron chi connectivity index (χ1n) is 16.6. The Kier molecular flexibility index (Phi) is 10.8. The van der Waals surface area contributed by atoms with Gasteiger partial charge in [0.25, 0.3) is 0 Å². The van der Waals surface area contributed by atoms with Crippen molar-refractivity contribution in [2.24, 2.45) is 0 Å². The van der Waals surface area contributed by atoms with Crippen LogP contribution in [0.15, 0.2) is 134 Å². The maximum absolute atomic E-state index is 14.5. The fourth-order valence-corrected chi connectivity index (χ4v) is 6.32. The molecule has 0 radical (unpaired) electrons. The molecule has 1 aliphatic rings. The number of amides is 2. The highest BCUT2D eigenvalue weighted by molar-refractivity contribution is 5.95. The number of carbonyl (C=O) groups excluding carboxylic acids is 2. The first kappa shape index (κ1) is 34.3. The summed E-state index contributed by atoms with van der Waals surface area (Å²) in [6.45, 7) is 1.27. The van der Waals surface area contributed by atoms with Gasteiger partial charge in [0.1, 0.15) is 11.7 Å². The van der Waals surface area contributed by atoms with Crippen LogP contribution in [0.1, 0.15) is 46.7 Å². The zero-order chi connectivity index (χ0) is 34.9. The summed E-state index contributed by atoms with van der Waals surface area (Å²) in [5.41, 5.74) is 4.03. The molecule has 6 nitrogen and oxygen atoms in total. The molecule has 3 aromatic carbocycles. The number of piperidine rings is 1. The zero-order valence-electron chi connectivity index (χ0n) is 27.4. The van der Waals surface area contributed by atoms with Gasteiger partial charge in [0.05, 0.1) is 5.69 Å². The van der Waals surface area contributed by atoms with Crippen LogP contribution >= 0.6 is 0 Å². The van der Waals surface area contributed by atoms with E-state index in [1.807, 2.05) is 95.9 Å². The molecule has 0 bridgehead atoms. The van der Waals surface area contributed by atoms with Crippen molar-refractivity contribution < 1.29 is 22.8 Å². The van der Waals surface area contributed by atoms with Crippen LogP contribution in [0.4, 0.5) is 13.2 Å². The minimum atomic E-state index is -4.57. The Hall–Kier alpha value is -5.57. The van der Waals surface area contributed by atoms with Crippen LogP contribution in [0.3, 0.4) is 0 Å². The van der Waals surface area contributed by atoms with E-state index >= 15 is 0 Å². The SMILES string of the molecule is O=C(C(Cc1ccccc1)N(Cc1ccc(-c2ccccn2)cc1)C(=O)C=Cc1ccc(C(F)(F)F)nc1)N1CCC(c2ccccc2)CC1. The third kappa shape index (κ3) is 8.71. The van der Waals surface area contributed by atoms with Crippen LogP contribution < -0.4 is 0 Å². The predicted molar refractivity (Wildman–Crippen MR) is 187 cm³/mol. The van der Waals surface area contributed by atoms with E-state index in [-0.39, 0.29) is 12.5 Å². The molecule has 1 atom stereocenters. The van der Waals surface area contributed by atoms with E-state index in [9.17, 15) is 22.8 Å². The first-order chi connectivity index (χ1) is 24.2. The van der Waals surface area contributed by atoms with Gasteiger partial charge >= 0.3 is 6.18 Å². The van der Waals surface area contributed by atoms with Crippen molar-refractivity contribution in [3.05, 3.63) is 162 Å². The van der Waals surface area contributed by atoms with E-state index < -0.39 is 23.8 Å². The molecular weight excluding hydrogens is 637 g/mol. The van der Waals surface area contributed by atoms with Gasteiger partial charge in [-0.15, -0.1) is 0 Å². The van der Waals surface area contributed by atoms with E-state index in [1.54, 1.807) is 11.1 Å². The monoisotopic (exact) mass is 674 g/mol. The summed E-state index contributed by atoms with van der Waals surface area (Å²) in [6.07, 6.45) is 2.91. The molecule has 0 N–H and O–H groups in total. The standard InChI is InChI=1S/C41H37F3N4O2/c42-41(43,44)38-20-16-31(28-46-38)17-21-39(49)48(29-32-14-18-35(19-15-32)36-13-7-8-24-45-36)37(27-30-9-3-1-4-10-30)40(50)47-25-22-34(23-26-47)33-11-5-2-6-12-33/h1-21,24,28,34,37H,22-23,25-27,29H2. The molecule has 6 rings (SSSR count). The predicted octanol–water partition coefficient (Wildman–Crippen LogP) is 8.22. The summed E-state index contributed by atoms with van der Waals surface area (Å²) in [6, 6.07) is 34.6. The minimum absolute atomic E-state index is 0.136. The van der Waals surface area contributed by atoms with Crippen LogP contribution in [0.5, 0.6) is 0 Å². The molecular formula is C41H37F3N4O2. The lowest BCUT2D eigenvalue weighted by Crippen LogP contribution is -2.53. The number of nitrogens with zero attached hydrogens (tertiary/aromatic N) is 4. The molecule has 9 heteroatoms. The van der Waals surface area contributed by atoms with Crippen molar-refractivity contribution in [3.8, 4) is 11.3 Å². The van der Waals surface area contributed by atoms with Crippen molar-refractivity contribution in [2.75, 3.05) is 13.1 Å². The molecule has 2 aromatic heterocycles. The molecule has 254 valence electrons. The lowest BCUT2D eigenvalue weighted by atomic mass is 9.89. The average molecular weight is 675 g/mol. The number of rotatable bonds is 10. The number of benzene rings is 3. The summed E-state index contributed by atoms with van der Waals surface area (Å²) in [5.74, 6) is -0.223. The van der Waals surface area contributed by atoms with Gasteiger partial charge in [-0.05, 0) is 65.3 Å². The van der Waals surface area contributed by atoms with Gasteiger partial charge in [0.2, 0.25) is 11.8 Å². The largest absolute Gasteiger partial charge is 0.433 e.